The summed E-state index contributed by atoms with van der Waals surface area (Å²) < 4.78 is 89.8. The van der Waals surface area contributed by atoms with Gasteiger partial charge in [0.05, 0.1) is 27.9 Å². The van der Waals surface area contributed by atoms with Crippen LogP contribution in [0.15, 0.2) is 66.7 Å². The van der Waals surface area contributed by atoms with E-state index in [1.54, 1.807) is 42.5 Å². The predicted octanol–water partition coefficient (Wildman–Crippen LogP) is 6.60. The van der Waals surface area contributed by atoms with E-state index in [9.17, 15) is 31.1 Å². The minimum Gasteiger partial charge on any atom is -0.454 e. The Balaban J connectivity index is 1.48. The largest absolute Gasteiger partial charge is 0.454 e. The van der Waals surface area contributed by atoms with Crippen molar-refractivity contribution in [3.05, 3.63) is 89.0 Å². The second kappa shape index (κ2) is 8.99. The molecule has 5 nitrogen and oxygen atoms in total. The highest BCUT2D eigenvalue weighted by Crippen LogP contribution is 2.37. The molecule has 1 aliphatic heterocycles. The third-order valence-corrected chi connectivity index (χ3v) is 5.73. The lowest BCUT2D eigenvalue weighted by atomic mass is 10.0. The number of pyridine rings is 1. The molecule has 0 fully saturated rings. The first-order valence-electron chi connectivity index (χ1n) is 10.9. The number of hydrogen-bond acceptors (Lipinski definition) is 4. The molecule has 1 N–H and O–H groups in total. The average molecular weight is 518 g/mol. The third kappa shape index (κ3) is 5.02. The molecule has 190 valence electrons. The van der Waals surface area contributed by atoms with E-state index in [-0.39, 0.29) is 24.0 Å². The summed E-state index contributed by atoms with van der Waals surface area (Å²) in [7, 11) is 0. The van der Waals surface area contributed by atoms with Crippen LogP contribution in [0.3, 0.4) is 0 Å². The van der Waals surface area contributed by atoms with Crippen molar-refractivity contribution in [3.8, 4) is 22.8 Å². The summed E-state index contributed by atoms with van der Waals surface area (Å²) in [5, 5.41) is 2.90. The molecule has 1 aromatic heterocycles. The van der Waals surface area contributed by atoms with E-state index in [0.29, 0.717) is 45.8 Å². The Labute approximate surface area is 205 Å². The van der Waals surface area contributed by atoms with Gasteiger partial charge in [0, 0.05) is 17.5 Å². The van der Waals surface area contributed by atoms with Crippen molar-refractivity contribution in [1.82, 2.24) is 10.3 Å². The molecule has 0 unspecified atom stereocenters. The van der Waals surface area contributed by atoms with Crippen LogP contribution in [0.25, 0.3) is 22.2 Å². The number of hydrogen-bond donors (Lipinski definition) is 1. The van der Waals surface area contributed by atoms with Crippen molar-refractivity contribution in [2.24, 2.45) is 0 Å². The number of aromatic nitrogens is 1. The maximum Gasteiger partial charge on any atom is 0.416 e. The predicted molar refractivity (Wildman–Crippen MR) is 121 cm³/mol. The van der Waals surface area contributed by atoms with Gasteiger partial charge in [0.15, 0.2) is 11.5 Å². The van der Waals surface area contributed by atoms with Gasteiger partial charge in [-0.05, 0) is 54.1 Å². The van der Waals surface area contributed by atoms with Crippen LogP contribution in [-0.2, 0) is 18.9 Å². The van der Waals surface area contributed by atoms with E-state index in [4.69, 9.17) is 9.47 Å². The van der Waals surface area contributed by atoms with Gasteiger partial charge in [-0.25, -0.2) is 4.98 Å². The van der Waals surface area contributed by atoms with Crippen LogP contribution in [-0.4, -0.2) is 17.7 Å². The van der Waals surface area contributed by atoms with Crippen LogP contribution < -0.4 is 14.8 Å². The molecule has 0 atom stereocenters. The molecule has 0 bridgehead atoms. The van der Waals surface area contributed by atoms with Gasteiger partial charge in [0.1, 0.15) is 0 Å². The zero-order valence-corrected chi connectivity index (χ0v) is 18.7. The highest BCUT2D eigenvalue weighted by Gasteiger charge is 2.36. The summed E-state index contributed by atoms with van der Waals surface area (Å²) in [4.78, 5) is 17.7. The maximum atomic E-state index is 13.2. The number of nitrogens with one attached hydrogen (secondary N) is 1. The lowest BCUT2D eigenvalue weighted by Gasteiger charge is -2.15. The van der Waals surface area contributed by atoms with Crippen LogP contribution in [0.1, 0.15) is 27.0 Å². The van der Waals surface area contributed by atoms with Gasteiger partial charge in [-0.1, -0.05) is 18.2 Å². The van der Waals surface area contributed by atoms with Crippen molar-refractivity contribution in [2.75, 3.05) is 6.79 Å². The summed E-state index contributed by atoms with van der Waals surface area (Å²) >= 11 is 0. The second-order valence-electron chi connectivity index (χ2n) is 8.24. The molecule has 2 heterocycles. The minimum absolute atomic E-state index is 0.0410. The molecule has 0 spiro atoms. The molecule has 0 saturated heterocycles. The molecule has 11 heteroatoms. The first-order chi connectivity index (χ1) is 17.5. The number of carbonyl (C=O) groups is 1. The molecule has 1 aliphatic rings. The third-order valence-electron chi connectivity index (χ3n) is 5.73. The van der Waals surface area contributed by atoms with Gasteiger partial charge >= 0.3 is 12.4 Å². The lowest BCUT2D eigenvalue weighted by Crippen LogP contribution is -2.24. The second-order valence-corrected chi connectivity index (χ2v) is 8.24. The summed E-state index contributed by atoms with van der Waals surface area (Å²) in [5.74, 6) is 0.372. The van der Waals surface area contributed by atoms with E-state index in [1.165, 1.54) is 6.07 Å². The van der Waals surface area contributed by atoms with Crippen molar-refractivity contribution in [2.45, 2.75) is 18.9 Å². The summed E-state index contributed by atoms with van der Waals surface area (Å²) in [6, 6.07) is 14.6. The quantitative estimate of drug-likeness (QED) is 0.310. The van der Waals surface area contributed by atoms with Gasteiger partial charge in [-0.15, -0.1) is 0 Å². The number of halogens is 6. The summed E-state index contributed by atoms with van der Waals surface area (Å²) in [5.41, 5.74) is -1.58. The first kappa shape index (κ1) is 24.4. The molecule has 4 aromatic rings. The fraction of sp³-hybridized carbons (Fsp3) is 0.154. The van der Waals surface area contributed by atoms with Crippen LogP contribution >= 0.6 is 0 Å². The highest BCUT2D eigenvalue weighted by molar-refractivity contribution is 6.07. The Morgan fingerprint density at radius 1 is 0.838 bits per heavy atom. The molecule has 5 rings (SSSR count). The lowest BCUT2D eigenvalue weighted by molar-refractivity contribution is -0.143. The maximum absolute atomic E-state index is 13.2. The van der Waals surface area contributed by atoms with E-state index in [0.717, 1.165) is 0 Å². The van der Waals surface area contributed by atoms with Gasteiger partial charge in [-0.2, -0.15) is 26.3 Å². The van der Waals surface area contributed by atoms with E-state index >= 15 is 0 Å². The zero-order valence-electron chi connectivity index (χ0n) is 18.7. The minimum atomic E-state index is -4.99. The van der Waals surface area contributed by atoms with Gasteiger partial charge in [-0.3, -0.25) is 4.79 Å². The fourth-order valence-electron chi connectivity index (χ4n) is 3.97. The summed E-state index contributed by atoms with van der Waals surface area (Å²) in [6.07, 6.45) is -9.97. The fourth-order valence-corrected chi connectivity index (χ4v) is 3.97. The topological polar surface area (TPSA) is 60.5 Å². The number of alkyl halides is 6. The Hall–Kier alpha value is -4.28. The highest BCUT2D eigenvalue weighted by atomic mass is 19.4. The van der Waals surface area contributed by atoms with Crippen LogP contribution in [0.2, 0.25) is 0 Å². The smallest absolute Gasteiger partial charge is 0.416 e. The van der Waals surface area contributed by atoms with Gasteiger partial charge in [0.2, 0.25) is 6.79 Å². The number of benzene rings is 3. The summed E-state index contributed by atoms with van der Waals surface area (Å²) in [6.45, 7) is -0.481. The number of ether oxygens (including phenoxy) is 2. The van der Waals surface area contributed by atoms with E-state index < -0.39 is 35.9 Å². The van der Waals surface area contributed by atoms with Crippen molar-refractivity contribution in [1.29, 1.82) is 0 Å². The SMILES string of the molecule is O=C(NCc1cc(C(F)(F)F)cc(C(F)(F)F)c1)c1cc(-c2ccc3c(c2)OCO3)nc2ccccc12. The van der Waals surface area contributed by atoms with E-state index in [1.807, 2.05) is 0 Å². The number of amides is 1. The normalized spacial score (nSPS) is 13.1. The monoisotopic (exact) mass is 518 g/mol. The van der Waals surface area contributed by atoms with Crippen molar-refractivity contribution in [3.63, 3.8) is 0 Å². The molecule has 37 heavy (non-hydrogen) atoms. The molecule has 0 saturated carbocycles. The Morgan fingerprint density at radius 2 is 1.51 bits per heavy atom. The number of carbonyl (C=O) groups excluding carboxylic acids is 1. The molecule has 3 aromatic carbocycles. The standard InChI is InChI=1S/C26H16F6N2O3/c27-25(28,29)16-7-14(8-17(10-16)26(30,31)32)12-33-24(35)19-11-21(34-20-4-2-1-3-18(19)20)15-5-6-22-23(9-15)37-13-36-22/h1-11H,12-13H2,(H,33,35). The van der Waals surface area contributed by atoms with Crippen LogP contribution in [0.5, 0.6) is 11.5 Å². The van der Waals surface area contributed by atoms with Gasteiger partial charge < -0.3 is 14.8 Å². The average Bonchev–Trinajstić information content (AvgIpc) is 3.33. The Bertz CT molecular complexity index is 1480. The molecule has 1 amide bonds. The van der Waals surface area contributed by atoms with Crippen molar-refractivity contribution < 1.29 is 40.6 Å². The van der Waals surface area contributed by atoms with E-state index in [2.05, 4.69) is 10.3 Å². The van der Waals surface area contributed by atoms with Crippen LogP contribution in [0.4, 0.5) is 26.3 Å². The number of nitrogens with zero attached hydrogens (tertiary/aromatic N) is 1. The zero-order chi connectivity index (χ0) is 26.4. The number of para-hydroxylation sites is 1. The molecule has 0 radical (unpaired) electrons. The Morgan fingerprint density at radius 3 is 2.22 bits per heavy atom. The van der Waals surface area contributed by atoms with Gasteiger partial charge in [0.25, 0.3) is 5.91 Å². The molecular weight excluding hydrogens is 502 g/mol. The first-order valence-corrected chi connectivity index (χ1v) is 10.9. The molecule has 0 aliphatic carbocycles. The Kier molecular flexibility index (Phi) is 5.93. The van der Waals surface area contributed by atoms with Crippen LogP contribution in [0, 0.1) is 0 Å². The molecular formula is C26H16F6N2O3. The number of fused-ring (bicyclic) bond motifs is 2. The van der Waals surface area contributed by atoms with Crippen molar-refractivity contribution >= 4 is 16.8 Å². The number of rotatable bonds is 4.